The number of hydrogen-bond donors (Lipinski definition) is 1. The van der Waals surface area contributed by atoms with Crippen molar-refractivity contribution in [1.82, 2.24) is 0 Å². The molecule has 0 radical (unpaired) electrons. The van der Waals surface area contributed by atoms with Gasteiger partial charge in [0.2, 0.25) is 12.9 Å². The van der Waals surface area contributed by atoms with Crippen molar-refractivity contribution in [3.05, 3.63) is 17.7 Å². The number of aliphatic imine (C=N–C) groups is 1. The van der Waals surface area contributed by atoms with Gasteiger partial charge in [0.1, 0.15) is 11.3 Å². The van der Waals surface area contributed by atoms with E-state index in [9.17, 15) is 9.90 Å². The molecule has 0 amide bonds. The van der Waals surface area contributed by atoms with Crippen molar-refractivity contribution in [2.45, 2.75) is 24.8 Å². The summed E-state index contributed by atoms with van der Waals surface area (Å²) in [5, 5.41) is 9.98. The highest BCUT2D eigenvalue weighted by atomic mass is 16.7. The largest absolute Gasteiger partial charge is 0.507 e. The number of nitrogens with zero attached hydrogens (tertiary/aromatic N) is 1. The van der Waals surface area contributed by atoms with Crippen LogP contribution in [0.3, 0.4) is 0 Å². The molecule has 0 spiro atoms. The van der Waals surface area contributed by atoms with Gasteiger partial charge in [-0.15, -0.1) is 0 Å². The third-order valence-corrected chi connectivity index (χ3v) is 3.42. The summed E-state index contributed by atoms with van der Waals surface area (Å²) in [4.78, 5) is 14.4. The Balaban J connectivity index is 2.20. The minimum atomic E-state index is -0.676. The van der Waals surface area contributed by atoms with Crippen LogP contribution in [0.1, 0.15) is 24.8 Å². The first-order valence-electron chi connectivity index (χ1n) is 5.48. The van der Waals surface area contributed by atoms with Crippen LogP contribution in [0.5, 0.6) is 17.2 Å². The van der Waals surface area contributed by atoms with Gasteiger partial charge in [-0.2, -0.15) is 4.99 Å². The second kappa shape index (κ2) is 3.50. The van der Waals surface area contributed by atoms with Crippen LogP contribution in [-0.4, -0.2) is 18.0 Å². The van der Waals surface area contributed by atoms with Gasteiger partial charge < -0.3 is 14.6 Å². The number of aromatic hydroxyl groups is 1. The van der Waals surface area contributed by atoms with E-state index in [-0.39, 0.29) is 12.5 Å². The Morgan fingerprint density at radius 2 is 2.18 bits per heavy atom. The maximum atomic E-state index is 10.6. The van der Waals surface area contributed by atoms with Crippen LogP contribution in [0.25, 0.3) is 0 Å². The molecule has 1 aromatic carbocycles. The average Bonchev–Trinajstić information content (AvgIpc) is 2.72. The van der Waals surface area contributed by atoms with E-state index in [1.165, 1.54) is 0 Å². The molecular formula is C12H11NO4. The van der Waals surface area contributed by atoms with Crippen molar-refractivity contribution < 1.29 is 19.4 Å². The Labute approximate surface area is 97.7 Å². The third-order valence-electron chi connectivity index (χ3n) is 3.42. The Hall–Kier alpha value is -2.00. The molecule has 2 aliphatic rings. The van der Waals surface area contributed by atoms with Crippen molar-refractivity contribution in [3.63, 3.8) is 0 Å². The van der Waals surface area contributed by atoms with Crippen LogP contribution < -0.4 is 9.47 Å². The number of phenolic OH excluding ortho intramolecular Hbond substituents is 1. The molecule has 0 aromatic heterocycles. The SMILES string of the molecule is O=C=NC1(c2c(O)ccc3c2OCO3)CCC1. The lowest BCUT2D eigenvalue weighted by Gasteiger charge is -2.37. The zero-order valence-electron chi connectivity index (χ0n) is 9.10. The van der Waals surface area contributed by atoms with Gasteiger partial charge in [-0.25, -0.2) is 4.79 Å². The van der Waals surface area contributed by atoms with Crippen molar-refractivity contribution in [1.29, 1.82) is 0 Å². The van der Waals surface area contributed by atoms with Gasteiger partial charge in [-0.05, 0) is 31.4 Å². The summed E-state index contributed by atoms with van der Waals surface area (Å²) in [6, 6.07) is 3.20. The minimum Gasteiger partial charge on any atom is -0.507 e. The quantitative estimate of drug-likeness (QED) is 0.625. The molecule has 3 rings (SSSR count). The number of isocyanates is 1. The molecule has 88 valence electrons. The molecule has 1 N–H and O–H groups in total. The van der Waals surface area contributed by atoms with Crippen LogP contribution in [0.4, 0.5) is 0 Å². The summed E-state index contributed by atoms with van der Waals surface area (Å²) in [5.41, 5.74) is -0.118. The van der Waals surface area contributed by atoms with E-state index in [1.54, 1.807) is 18.2 Å². The normalized spacial score (nSPS) is 19.3. The molecule has 1 aliphatic heterocycles. The third kappa shape index (κ3) is 1.33. The van der Waals surface area contributed by atoms with E-state index in [0.717, 1.165) is 19.3 Å². The molecule has 1 aliphatic carbocycles. The zero-order valence-corrected chi connectivity index (χ0v) is 9.10. The fraction of sp³-hybridized carbons (Fsp3) is 0.417. The number of rotatable bonds is 2. The van der Waals surface area contributed by atoms with Gasteiger partial charge in [-0.3, -0.25) is 0 Å². The molecule has 1 fully saturated rings. The number of ether oxygens (including phenoxy) is 2. The van der Waals surface area contributed by atoms with Crippen molar-refractivity contribution in [2.24, 2.45) is 4.99 Å². The van der Waals surface area contributed by atoms with Crippen molar-refractivity contribution in [2.75, 3.05) is 6.79 Å². The van der Waals surface area contributed by atoms with E-state index < -0.39 is 5.54 Å². The van der Waals surface area contributed by atoms with Crippen LogP contribution in [0.15, 0.2) is 17.1 Å². The number of phenols is 1. The van der Waals surface area contributed by atoms with E-state index in [1.807, 2.05) is 0 Å². The fourth-order valence-electron chi connectivity index (χ4n) is 2.43. The van der Waals surface area contributed by atoms with Crippen LogP contribution in [-0.2, 0) is 10.3 Å². The van der Waals surface area contributed by atoms with Gasteiger partial charge in [0, 0.05) is 0 Å². The zero-order chi connectivity index (χ0) is 11.9. The monoisotopic (exact) mass is 233 g/mol. The number of fused-ring (bicyclic) bond motifs is 1. The molecule has 0 atom stereocenters. The molecule has 5 nitrogen and oxygen atoms in total. The summed E-state index contributed by atoms with van der Waals surface area (Å²) < 4.78 is 10.6. The van der Waals surface area contributed by atoms with Gasteiger partial charge in [0.15, 0.2) is 11.5 Å². The van der Waals surface area contributed by atoms with E-state index >= 15 is 0 Å². The lowest BCUT2D eigenvalue weighted by atomic mass is 9.71. The van der Waals surface area contributed by atoms with Crippen LogP contribution in [0, 0.1) is 0 Å². The minimum absolute atomic E-state index is 0.0907. The number of carbonyl (C=O) groups excluding carboxylic acids is 1. The predicted molar refractivity (Wildman–Crippen MR) is 57.9 cm³/mol. The highest BCUT2D eigenvalue weighted by molar-refractivity contribution is 5.59. The fourth-order valence-corrected chi connectivity index (χ4v) is 2.43. The summed E-state index contributed by atoms with van der Waals surface area (Å²) in [7, 11) is 0. The van der Waals surface area contributed by atoms with Gasteiger partial charge in [0.05, 0.1) is 5.56 Å². The summed E-state index contributed by atoms with van der Waals surface area (Å²) >= 11 is 0. The van der Waals surface area contributed by atoms with Gasteiger partial charge in [0.25, 0.3) is 0 Å². The Morgan fingerprint density at radius 1 is 1.35 bits per heavy atom. The smallest absolute Gasteiger partial charge is 0.235 e. The molecule has 17 heavy (non-hydrogen) atoms. The molecule has 0 bridgehead atoms. The highest BCUT2D eigenvalue weighted by Gasteiger charge is 2.44. The number of hydrogen-bond acceptors (Lipinski definition) is 5. The molecule has 1 heterocycles. The summed E-state index contributed by atoms with van der Waals surface area (Å²) in [6.07, 6.45) is 4.00. The lowest BCUT2D eigenvalue weighted by Crippen LogP contribution is -2.32. The Kier molecular flexibility index (Phi) is 2.09. The van der Waals surface area contributed by atoms with Crippen molar-refractivity contribution in [3.8, 4) is 17.2 Å². The summed E-state index contributed by atoms with van der Waals surface area (Å²) in [5.74, 6) is 1.18. The molecule has 0 saturated heterocycles. The highest BCUT2D eigenvalue weighted by Crippen LogP contribution is 2.54. The second-order valence-electron chi connectivity index (χ2n) is 4.28. The standard InChI is InChI=1S/C12H11NO4/c14-6-13-12(4-1-5-12)10-8(15)2-3-9-11(10)17-7-16-9/h2-3,15H,1,4-5,7H2. The van der Waals surface area contributed by atoms with E-state index in [0.29, 0.717) is 17.1 Å². The molecule has 0 unspecified atom stereocenters. The lowest BCUT2D eigenvalue weighted by molar-refractivity contribution is 0.168. The topological polar surface area (TPSA) is 68.1 Å². The average molecular weight is 233 g/mol. The molecule has 1 aromatic rings. The van der Waals surface area contributed by atoms with Crippen LogP contribution >= 0.6 is 0 Å². The Bertz CT molecular complexity index is 515. The van der Waals surface area contributed by atoms with E-state index in [4.69, 9.17) is 9.47 Å². The van der Waals surface area contributed by atoms with Gasteiger partial charge in [-0.1, -0.05) is 0 Å². The summed E-state index contributed by atoms with van der Waals surface area (Å²) in [6.45, 7) is 0.132. The van der Waals surface area contributed by atoms with Crippen LogP contribution in [0.2, 0.25) is 0 Å². The first kappa shape index (κ1) is 10.2. The Morgan fingerprint density at radius 3 is 2.82 bits per heavy atom. The molecule has 1 saturated carbocycles. The predicted octanol–water partition coefficient (Wildman–Crippen LogP) is 1.84. The first-order valence-corrected chi connectivity index (χ1v) is 5.48. The van der Waals surface area contributed by atoms with E-state index in [2.05, 4.69) is 4.99 Å². The maximum Gasteiger partial charge on any atom is 0.235 e. The van der Waals surface area contributed by atoms with Crippen molar-refractivity contribution >= 4 is 6.08 Å². The second-order valence-corrected chi connectivity index (χ2v) is 4.28. The number of benzene rings is 1. The maximum absolute atomic E-state index is 10.6. The molecular weight excluding hydrogens is 222 g/mol. The molecule has 5 heteroatoms. The van der Waals surface area contributed by atoms with Gasteiger partial charge >= 0.3 is 0 Å². The first-order chi connectivity index (χ1) is 8.27.